The zero-order chi connectivity index (χ0) is 10.7. The Balaban J connectivity index is 2.03. The van der Waals surface area contributed by atoms with Crippen molar-refractivity contribution in [3.05, 3.63) is 30.1 Å². The highest BCUT2D eigenvalue weighted by molar-refractivity contribution is 5.03. The molecule has 1 fully saturated rings. The lowest BCUT2D eigenvalue weighted by atomic mass is 10.1. The molecule has 0 aliphatic carbocycles. The standard InChI is InChI=1S/C11H17N3O/c12-10-5-3-6-11(15)14(10)8-9-4-1-2-7-13-9/h1-2,4,7,10-11,15H,3,5-6,8,12H2. The van der Waals surface area contributed by atoms with E-state index in [4.69, 9.17) is 5.73 Å². The third kappa shape index (κ3) is 2.53. The Morgan fingerprint density at radius 3 is 3.00 bits per heavy atom. The summed E-state index contributed by atoms with van der Waals surface area (Å²) in [4.78, 5) is 6.14. The number of aliphatic hydroxyl groups is 1. The summed E-state index contributed by atoms with van der Waals surface area (Å²) in [5.41, 5.74) is 6.91. The largest absolute Gasteiger partial charge is 0.378 e. The zero-order valence-corrected chi connectivity index (χ0v) is 8.71. The number of nitrogens with zero attached hydrogens (tertiary/aromatic N) is 2. The first kappa shape index (κ1) is 10.5. The summed E-state index contributed by atoms with van der Waals surface area (Å²) in [6.45, 7) is 0.628. The van der Waals surface area contributed by atoms with Crippen LogP contribution >= 0.6 is 0 Å². The molecule has 1 aromatic heterocycles. The van der Waals surface area contributed by atoms with Gasteiger partial charge in [0.2, 0.25) is 0 Å². The number of hydrogen-bond donors (Lipinski definition) is 2. The number of hydrogen-bond acceptors (Lipinski definition) is 4. The number of aliphatic hydroxyl groups excluding tert-OH is 1. The summed E-state index contributed by atoms with van der Waals surface area (Å²) in [6, 6.07) is 5.79. The summed E-state index contributed by atoms with van der Waals surface area (Å²) in [7, 11) is 0. The number of nitrogens with two attached hydrogens (primary N) is 1. The monoisotopic (exact) mass is 207 g/mol. The molecule has 15 heavy (non-hydrogen) atoms. The van der Waals surface area contributed by atoms with Gasteiger partial charge in [0.15, 0.2) is 0 Å². The Hall–Kier alpha value is -0.970. The minimum atomic E-state index is -0.421. The molecular formula is C11H17N3O. The summed E-state index contributed by atoms with van der Waals surface area (Å²) in [6.07, 6.45) is 4.05. The normalized spacial score (nSPS) is 27.9. The Labute approximate surface area is 89.7 Å². The van der Waals surface area contributed by atoms with Crippen LogP contribution in [-0.4, -0.2) is 27.4 Å². The van der Waals surface area contributed by atoms with Gasteiger partial charge in [-0.3, -0.25) is 9.88 Å². The van der Waals surface area contributed by atoms with Crippen molar-refractivity contribution < 1.29 is 5.11 Å². The zero-order valence-electron chi connectivity index (χ0n) is 8.71. The van der Waals surface area contributed by atoms with E-state index in [1.807, 2.05) is 23.1 Å². The van der Waals surface area contributed by atoms with Crippen LogP contribution in [0.1, 0.15) is 25.0 Å². The van der Waals surface area contributed by atoms with Gasteiger partial charge in [-0.05, 0) is 31.4 Å². The Morgan fingerprint density at radius 1 is 1.47 bits per heavy atom. The summed E-state index contributed by atoms with van der Waals surface area (Å²) >= 11 is 0. The first-order chi connectivity index (χ1) is 7.27. The van der Waals surface area contributed by atoms with Gasteiger partial charge < -0.3 is 10.8 Å². The van der Waals surface area contributed by atoms with Crippen LogP contribution in [0, 0.1) is 0 Å². The first-order valence-electron chi connectivity index (χ1n) is 5.36. The first-order valence-corrected chi connectivity index (χ1v) is 5.36. The fourth-order valence-electron chi connectivity index (χ4n) is 1.96. The van der Waals surface area contributed by atoms with E-state index in [0.717, 1.165) is 25.0 Å². The van der Waals surface area contributed by atoms with Crippen LogP contribution in [0.5, 0.6) is 0 Å². The number of piperidine rings is 1. The molecule has 0 spiro atoms. The molecule has 4 heteroatoms. The van der Waals surface area contributed by atoms with Crippen LogP contribution in [0.25, 0.3) is 0 Å². The lowest BCUT2D eigenvalue weighted by molar-refractivity contribution is -0.0609. The van der Waals surface area contributed by atoms with E-state index in [2.05, 4.69) is 4.98 Å². The van der Waals surface area contributed by atoms with Crippen LogP contribution in [0.15, 0.2) is 24.4 Å². The second kappa shape index (κ2) is 4.70. The van der Waals surface area contributed by atoms with Crippen LogP contribution < -0.4 is 5.73 Å². The van der Waals surface area contributed by atoms with Crippen LogP contribution in [0.4, 0.5) is 0 Å². The van der Waals surface area contributed by atoms with Crippen LogP contribution in [-0.2, 0) is 6.54 Å². The molecule has 0 radical (unpaired) electrons. The summed E-state index contributed by atoms with van der Waals surface area (Å²) < 4.78 is 0. The quantitative estimate of drug-likeness (QED) is 0.748. The van der Waals surface area contributed by atoms with Crippen molar-refractivity contribution in [1.29, 1.82) is 0 Å². The molecule has 82 valence electrons. The van der Waals surface area contributed by atoms with E-state index >= 15 is 0 Å². The van der Waals surface area contributed by atoms with Gasteiger partial charge in [-0.2, -0.15) is 0 Å². The molecule has 2 rings (SSSR count). The smallest absolute Gasteiger partial charge is 0.108 e. The molecule has 2 unspecified atom stereocenters. The van der Waals surface area contributed by atoms with Crippen molar-refractivity contribution in [2.45, 2.75) is 38.2 Å². The van der Waals surface area contributed by atoms with Crippen LogP contribution in [0.2, 0.25) is 0 Å². The molecule has 1 aromatic rings. The topological polar surface area (TPSA) is 62.4 Å². The maximum atomic E-state index is 9.82. The number of aromatic nitrogens is 1. The van der Waals surface area contributed by atoms with Crippen molar-refractivity contribution in [2.75, 3.05) is 0 Å². The van der Waals surface area contributed by atoms with E-state index in [9.17, 15) is 5.11 Å². The lowest BCUT2D eigenvalue weighted by Gasteiger charge is -2.37. The van der Waals surface area contributed by atoms with Crippen LogP contribution in [0.3, 0.4) is 0 Å². The third-order valence-corrected chi connectivity index (χ3v) is 2.84. The van der Waals surface area contributed by atoms with E-state index < -0.39 is 6.23 Å². The fourth-order valence-corrected chi connectivity index (χ4v) is 1.96. The van der Waals surface area contributed by atoms with Gasteiger partial charge in [-0.15, -0.1) is 0 Å². The molecule has 0 aromatic carbocycles. The number of rotatable bonds is 2. The third-order valence-electron chi connectivity index (χ3n) is 2.84. The average molecular weight is 207 g/mol. The van der Waals surface area contributed by atoms with E-state index in [1.165, 1.54) is 0 Å². The molecule has 0 bridgehead atoms. The maximum Gasteiger partial charge on any atom is 0.108 e. The lowest BCUT2D eigenvalue weighted by Crippen LogP contribution is -2.50. The molecule has 1 aliphatic heterocycles. The van der Waals surface area contributed by atoms with Gasteiger partial charge in [0.05, 0.1) is 11.9 Å². The summed E-state index contributed by atoms with van der Waals surface area (Å²) in [5, 5.41) is 9.82. The Morgan fingerprint density at radius 2 is 2.33 bits per heavy atom. The predicted octanol–water partition coefficient (Wildman–Crippen LogP) is 0.671. The van der Waals surface area contributed by atoms with Crippen molar-refractivity contribution in [3.8, 4) is 0 Å². The van der Waals surface area contributed by atoms with Gasteiger partial charge in [0.1, 0.15) is 6.23 Å². The van der Waals surface area contributed by atoms with Gasteiger partial charge in [-0.1, -0.05) is 6.07 Å². The molecule has 2 atom stereocenters. The minimum absolute atomic E-state index is 0.0456. The molecule has 0 amide bonds. The SMILES string of the molecule is NC1CCCC(O)N1Cc1ccccn1. The highest BCUT2D eigenvalue weighted by Crippen LogP contribution is 2.20. The molecule has 0 saturated carbocycles. The van der Waals surface area contributed by atoms with Crippen molar-refractivity contribution >= 4 is 0 Å². The maximum absolute atomic E-state index is 9.82. The molecule has 4 nitrogen and oxygen atoms in total. The molecular weight excluding hydrogens is 190 g/mol. The fraction of sp³-hybridized carbons (Fsp3) is 0.545. The average Bonchev–Trinajstić information content (AvgIpc) is 2.25. The van der Waals surface area contributed by atoms with Crippen molar-refractivity contribution in [3.63, 3.8) is 0 Å². The minimum Gasteiger partial charge on any atom is -0.378 e. The summed E-state index contributed by atoms with van der Waals surface area (Å²) in [5.74, 6) is 0. The predicted molar refractivity (Wildman–Crippen MR) is 57.6 cm³/mol. The highest BCUT2D eigenvalue weighted by atomic mass is 16.3. The highest BCUT2D eigenvalue weighted by Gasteiger charge is 2.26. The number of likely N-dealkylation sites (tertiary alicyclic amines) is 1. The second-order valence-electron chi connectivity index (χ2n) is 3.97. The van der Waals surface area contributed by atoms with Crippen molar-refractivity contribution in [2.24, 2.45) is 5.73 Å². The van der Waals surface area contributed by atoms with Gasteiger partial charge in [0.25, 0.3) is 0 Å². The number of pyridine rings is 1. The Bertz CT molecular complexity index is 294. The van der Waals surface area contributed by atoms with Gasteiger partial charge in [0, 0.05) is 12.7 Å². The van der Waals surface area contributed by atoms with Gasteiger partial charge in [-0.25, -0.2) is 0 Å². The van der Waals surface area contributed by atoms with Crippen molar-refractivity contribution in [1.82, 2.24) is 9.88 Å². The van der Waals surface area contributed by atoms with E-state index in [1.54, 1.807) is 6.20 Å². The second-order valence-corrected chi connectivity index (χ2v) is 3.97. The molecule has 3 N–H and O–H groups in total. The molecule has 2 heterocycles. The molecule has 1 saturated heterocycles. The Kier molecular flexibility index (Phi) is 3.30. The van der Waals surface area contributed by atoms with Gasteiger partial charge >= 0.3 is 0 Å². The van der Waals surface area contributed by atoms with E-state index in [-0.39, 0.29) is 6.17 Å². The van der Waals surface area contributed by atoms with E-state index in [0.29, 0.717) is 6.54 Å². The molecule has 1 aliphatic rings.